The summed E-state index contributed by atoms with van der Waals surface area (Å²) >= 11 is 1.61. The Morgan fingerprint density at radius 2 is 2.38 bits per heavy atom. The van der Waals surface area contributed by atoms with Crippen LogP contribution in [0, 0.1) is 0 Å². The minimum Gasteiger partial charge on any atom is -0.545 e. The van der Waals surface area contributed by atoms with Crippen molar-refractivity contribution >= 4 is 23.4 Å². The first-order valence-corrected chi connectivity index (χ1v) is 4.67. The maximum Gasteiger partial charge on any atom is 0.0645 e. The summed E-state index contributed by atoms with van der Waals surface area (Å²) in [4.78, 5) is 11.3. The maximum atomic E-state index is 10.2. The minimum atomic E-state index is -1.16. The van der Waals surface area contributed by atoms with E-state index in [0.717, 1.165) is 11.0 Å². The molecule has 1 aromatic heterocycles. The monoisotopic (exact) mass is 193 g/mol. The SMILES string of the molecule is CC(C=Cc1cccs1)=CC(=O)[O-]. The predicted molar refractivity (Wildman–Crippen MR) is 52.1 cm³/mol. The normalized spacial score (nSPS) is 12.2. The van der Waals surface area contributed by atoms with E-state index < -0.39 is 5.97 Å². The molecule has 0 aliphatic rings. The van der Waals surface area contributed by atoms with Gasteiger partial charge in [0.25, 0.3) is 0 Å². The smallest absolute Gasteiger partial charge is 0.0645 e. The van der Waals surface area contributed by atoms with Crippen LogP contribution in [0.2, 0.25) is 0 Å². The number of hydrogen-bond acceptors (Lipinski definition) is 3. The van der Waals surface area contributed by atoms with Crippen molar-refractivity contribution < 1.29 is 9.90 Å². The molecule has 0 spiro atoms. The van der Waals surface area contributed by atoms with Crippen molar-refractivity contribution in [3.8, 4) is 0 Å². The highest BCUT2D eigenvalue weighted by Crippen LogP contribution is 2.11. The van der Waals surface area contributed by atoms with Gasteiger partial charge < -0.3 is 9.90 Å². The van der Waals surface area contributed by atoms with Crippen LogP contribution in [-0.4, -0.2) is 5.97 Å². The van der Waals surface area contributed by atoms with Crippen LogP contribution in [0.3, 0.4) is 0 Å². The van der Waals surface area contributed by atoms with Crippen molar-refractivity contribution in [3.63, 3.8) is 0 Å². The van der Waals surface area contributed by atoms with Crippen LogP contribution in [0.25, 0.3) is 6.08 Å². The molecule has 0 N–H and O–H groups in total. The third-order valence-corrected chi connectivity index (χ3v) is 2.24. The van der Waals surface area contributed by atoms with Gasteiger partial charge in [-0.1, -0.05) is 12.1 Å². The Morgan fingerprint density at radius 3 is 2.92 bits per heavy atom. The molecule has 0 atom stereocenters. The molecule has 0 saturated heterocycles. The Kier molecular flexibility index (Phi) is 3.46. The van der Waals surface area contributed by atoms with Gasteiger partial charge in [0.1, 0.15) is 0 Å². The van der Waals surface area contributed by atoms with E-state index in [1.165, 1.54) is 0 Å². The Balaban J connectivity index is 2.64. The van der Waals surface area contributed by atoms with Crippen LogP contribution < -0.4 is 5.11 Å². The third-order valence-electron chi connectivity index (χ3n) is 1.40. The Labute approximate surface area is 80.8 Å². The lowest BCUT2D eigenvalue weighted by atomic mass is 10.2. The molecule has 13 heavy (non-hydrogen) atoms. The van der Waals surface area contributed by atoms with Gasteiger partial charge in [-0.2, -0.15) is 0 Å². The number of allylic oxidation sites excluding steroid dienone is 2. The molecule has 0 aliphatic heterocycles. The topological polar surface area (TPSA) is 40.1 Å². The second-order valence-corrected chi connectivity index (χ2v) is 3.54. The number of carboxylic acid groups (broad SMARTS) is 1. The van der Waals surface area contributed by atoms with Gasteiger partial charge in [-0.25, -0.2) is 0 Å². The van der Waals surface area contributed by atoms with Gasteiger partial charge >= 0.3 is 0 Å². The van der Waals surface area contributed by atoms with E-state index in [1.54, 1.807) is 24.3 Å². The number of carbonyl (C=O) groups excluding carboxylic acids is 1. The molecule has 1 aromatic rings. The van der Waals surface area contributed by atoms with Gasteiger partial charge in [-0.15, -0.1) is 11.3 Å². The molecule has 0 bridgehead atoms. The van der Waals surface area contributed by atoms with Crippen molar-refractivity contribution in [1.82, 2.24) is 0 Å². The molecule has 0 saturated carbocycles. The standard InChI is InChI=1S/C10H10O2S/c1-8(7-10(11)12)4-5-9-3-2-6-13-9/h2-7H,1H3,(H,11,12)/p-1. The van der Waals surface area contributed by atoms with Gasteiger partial charge in [-0.3, -0.25) is 0 Å². The van der Waals surface area contributed by atoms with Crippen molar-refractivity contribution in [2.45, 2.75) is 6.92 Å². The molecule has 0 radical (unpaired) electrons. The fourth-order valence-electron chi connectivity index (χ4n) is 0.834. The molecule has 0 amide bonds. The van der Waals surface area contributed by atoms with Crippen LogP contribution in [0.1, 0.15) is 11.8 Å². The number of carboxylic acids is 1. The van der Waals surface area contributed by atoms with E-state index >= 15 is 0 Å². The van der Waals surface area contributed by atoms with Crippen LogP contribution in [0.5, 0.6) is 0 Å². The highest BCUT2D eigenvalue weighted by atomic mass is 32.1. The quantitative estimate of drug-likeness (QED) is 0.538. The number of rotatable bonds is 3. The van der Waals surface area contributed by atoms with Crippen molar-refractivity contribution in [2.24, 2.45) is 0 Å². The summed E-state index contributed by atoms with van der Waals surface area (Å²) in [5, 5.41) is 12.1. The summed E-state index contributed by atoms with van der Waals surface area (Å²) in [5.41, 5.74) is 0.674. The lowest BCUT2D eigenvalue weighted by Crippen LogP contribution is -2.19. The third kappa shape index (κ3) is 3.71. The van der Waals surface area contributed by atoms with Crippen molar-refractivity contribution in [3.05, 3.63) is 40.1 Å². The fraction of sp³-hybridized carbons (Fsp3) is 0.100. The van der Waals surface area contributed by atoms with Gasteiger partial charge in [0.2, 0.25) is 0 Å². The van der Waals surface area contributed by atoms with Crippen LogP contribution in [-0.2, 0) is 4.79 Å². The van der Waals surface area contributed by atoms with Crippen LogP contribution >= 0.6 is 11.3 Å². The van der Waals surface area contributed by atoms with E-state index in [4.69, 9.17) is 0 Å². The Morgan fingerprint density at radius 1 is 1.62 bits per heavy atom. The molecule has 0 unspecified atom stereocenters. The zero-order valence-electron chi connectivity index (χ0n) is 7.19. The highest BCUT2D eigenvalue weighted by molar-refractivity contribution is 7.10. The minimum absolute atomic E-state index is 0.674. The largest absolute Gasteiger partial charge is 0.545 e. The average molecular weight is 193 g/mol. The molecule has 0 aliphatic carbocycles. The number of thiophene rings is 1. The summed E-state index contributed by atoms with van der Waals surface area (Å²) in [6.45, 7) is 1.72. The second kappa shape index (κ2) is 4.62. The predicted octanol–water partition coefficient (Wildman–Crippen LogP) is 1.46. The molecule has 3 heteroatoms. The lowest BCUT2D eigenvalue weighted by Gasteiger charge is -1.93. The van der Waals surface area contributed by atoms with Crippen molar-refractivity contribution in [2.75, 3.05) is 0 Å². The first kappa shape index (κ1) is 9.74. The molecule has 1 heterocycles. The average Bonchev–Trinajstić information content (AvgIpc) is 2.51. The van der Waals surface area contributed by atoms with Crippen LogP contribution in [0.4, 0.5) is 0 Å². The van der Waals surface area contributed by atoms with E-state index in [1.807, 2.05) is 23.6 Å². The second-order valence-electron chi connectivity index (χ2n) is 2.56. The zero-order chi connectivity index (χ0) is 9.68. The van der Waals surface area contributed by atoms with Crippen LogP contribution in [0.15, 0.2) is 35.2 Å². The number of carbonyl (C=O) groups is 1. The highest BCUT2D eigenvalue weighted by Gasteiger charge is 1.86. The van der Waals surface area contributed by atoms with Gasteiger partial charge in [-0.05, 0) is 36.1 Å². The van der Waals surface area contributed by atoms with Gasteiger partial charge in [0.15, 0.2) is 0 Å². The van der Waals surface area contributed by atoms with E-state index in [2.05, 4.69) is 0 Å². The molecular weight excluding hydrogens is 184 g/mol. The first-order valence-electron chi connectivity index (χ1n) is 3.79. The molecule has 1 rings (SSSR count). The fourth-order valence-corrected chi connectivity index (χ4v) is 1.45. The zero-order valence-corrected chi connectivity index (χ0v) is 8.01. The van der Waals surface area contributed by atoms with Crippen molar-refractivity contribution in [1.29, 1.82) is 0 Å². The van der Waals surface area contributed by atoms with Gasteiger partial charge in [0, 0.05) is 4.88 Å². The number of hydrogen-bond donors (Lipinski definition) is 0. The summed E-state index contributed by atoms with van der Waals surface area (Å²) in [6, 6.07) is 3.91. The van der Waals surface area contributed by atoms with E-state index in [9.17, 15) is 9.90 Å². The van der Waals surface area contributed by atoms with Gasteiger partial charge in [0.05, 0.1) is 5.97 Å². The Hall–Kier alpha value is -1.35. The number of aliphatic carboxylic acids is 1. The summed E-state index contributed by atoms with van der Waals surface area (Å²) in [5.74, 6) is -1.16. The molecule has 68 valence electrons. The summed E-state index contributed by atoms with van der Waals surface area (Å²) < 4.78 is 0. The van der Waals surface area contributed by atoms with E-state index in [0.29, 0.717) is 5.57 Å². The Bertz CT molecular complexity index is 334. The lowest BCUT2D eigenvalue weighted by molar-refractivity contribution is -0.297. The maximum absolute atomic E-state index is 10.2. The molecular formula is C10H9O2S-. The summed E-state index contributed by atoms with van der Waals surface area (Å²) in [7, 11) is 0. The van der Waals surface area contributed by atoms with E-state index in [-0.39, 0.29) is 0 Å². The molecule has 2 nitrogen and oxygen atoms in total. The first-order chi connectivity index (χ1) is 6.18. The molecule has 0 fully saturated rings. The summed E-state index contributed by atoms with van der Waals surface area (Å²) in [6.07, 6.45) is 4.70. The molecule has 0 aromatic carbocycles.